The van der Waals surface area contributed by atoms with Crippen molar-refractivity contribution in [1.29, 1.82) is 0 Å². The van der Waals surface area contributed by atoms with E-state index in [2.05, 4.69) is 12.2 Å². The molecule has 124 valence electrons. The van der Waals surface area contributed by atoms with Crippen LogP contribution in [0.5, 0.6) is 0 Å². The van der Waals surface area contributed by atoms with E-state index in [1.165, 1.54) is 38.5 Å². The van der Waals surface area contributed by atoms with Gasteiger partial charge in [0.1, 0.15) is 0 Å². The maximum absolute atomic E-state index is 10.3. The minimum absolute atomic E-state index is 0.144. The number of aliphatic hydroxyl groups excluding tert-OH is 1. The van der Waals surface area contributed by atoms with Crippen molar-refractivity contribution in [3.63, 3.8) is 0 Å². The van der Waals surface area contributed by atoms with Crippen molar-refractivity contribution in [2.45, 2.75) is 96.5 Å². The molecule has 0 amide bonds. The average molecular weight is 298 g/mol. The zero-order valence-corrected chi connectivity index (χ0v) is 13.7. The molecule has 0 saturated heterocycles. The Labute approximate surface area is 130 Å². The van der Waals surface area contributed by atoms with Crippen LogP contribution in [0.1, 0.15) is 90.4 Å². The molecule has 0 fully saturated rings. The largest absolute Gasteiger partial charge is 0.481 e. The van der Waals surface area contributed by atoms with Gasteiger partial charge in [0.15, 0.2) is 0 Å². The second-order valence-corrected chi connectivity index (χ2v) is 6.01. The van der Waals surface area contributed by atoms with E-state index in [1.54, 1.807) is 0 Å². The number of rotatable bonds is 15. The van der Waals surface area contributed by atoms with Gasteiger partial charge < -0.3 is 10.2 Å². The van der Waals surface area contributed by atoms with Crippen LogP contribution in [0.4, 0.5) is 0 Å². The molecule has 0 rings (SSSR count). The summed E-state index contributed by atoms with van der Waals surface area (Å²) in [5, 5.41) is 17.6. The first-order valence-corrected chi connectivity index (χ1v) is 8.67. The lowest BCUT2D eigenvalue weighted by Gasteiger charge is -2.02. The SMILES string of the molecule is CC(O)CCCCCC/C=C\CCCCCCCC(=O)O. The second-order valence-electron chi connectivity index (χ2n) is 6.01. The van der Waals surface area contributed by atoms with E-state index in [-0.39, 0.29) is 6.10 Å². The van der Waals surface area contributed by atoms with Crippen molar-refractivity contribution in [2.75, 3.05) is 0 Å². The summed E-state index contributed by atoms with van der Waals surface area (Å²) in [4.78, 5) is 10.3. The quantitative estimate of drug-likeness (QED) is 0.327. The van der Waals surface area contributed by atoms with Crippen molar-refractivity contribution in [1.82, 2.24) is 0 Å². The first-order valence-electron chi connectivity index (χ1n) is 8.67. The fourth-order valence-corrected chi connectivity index (χ4v) is 2.36. The van der Waals surface area contributed by atoms with E-state index in [9.17, 15) is 4.79 Å². The Bertz CT molecular complexity index is 259. The van der Waals surface area contributed by atoms with E-state index in [0.29, 0.717) is 6.42 Å². The minimum atomic E-state index is -0.677. The fraction of sp³-hybridized carbons (Fsp3) is 0.833. The highest BCUT2D eigenvalue weighted by molar-refractivity contribution is 5.66. The van der Waals surface area contributed by atoms with E-state index >= 15 is 0 Å². The van der Waals surface area contributed by atoms with Crippen LogP contribution in [-0.4, -0.2) is 22.3 Å². The van der Waals surface area contributed by atoms with Crippen molar-refractivity contribution in [3.05, 3.63) is 12.2 Å². The summed E-state index contributed by atoms with van der Waals surface area (Å²) >= 11 is 0. The maximum atomic E-state index is 10.3. The van der Waals surface area contributed by atoms with Crippen molar-refractivity contribution >= 4 is 5.97 Å². The standard InChI is InChI=1S/C18H34O3/c1-17(19)15-13-11-9-7-5-3-2-4-6-8-10-12-14-16-18(20)21/h2-3,17,19H,4-16H2,1H3,(H,20,21)/b3-2-. The van der Waals surface area contributed by atoms with Gasteiger partial charge in [-0.1, -0.05) is 50.7 Å². The topological polar surface area (TPSA) is 57.5 Å². The summed E-state index contributed by atoms with van der Waals surface area (Å²) in [6.07, 6.45) is 18.4. The highest BCUT2D eigenvalue weighted by atomic mass is 16.4. The molecule has 0 bridgehead atoms. The molecule has 2 N–H and O–H groups in total. The molecule has 0 aliphatic heterocycles. The van der Waals surface area contributed by atoms with Gasteiger partial charge in [-0.25, -0.2) is 0 Å². The number of unbranched alkanes of at least 4 members (excludes halogenated alkanes) is 9. The molecular formula is C18H34O3. The summed E-state index contributed by atoms with van der Waals surface area (Å²) in [5.41, 5.74) is 0. The van der Waals surface area contributed by atoms with E-state index in [4.69, 9.17) is 10.2 Å². The zero-order chi connectivity index (χ0) is 15.8. The van der Waals surface area contributed by atoms with Crippen molar-refractivity contribution < 1.29 is 15.0 Å². The predicted octanol–water partition coefficient (Wildman–Crippen LogP) is 5.08. The van der Waals surface area contributed by atoms with E-state index < -0.39 is 5.97 Å². The molecule has 0 aromatic heterocycles. The molecule has 0 heterocycles. The lowest BCUT2D eigenvalue weighted by molar-refractivity contribution is -0.137. The summed E-state index contributed by atoms with van der Waals surface area (Å²) in [5.74, 6) is -0.677. The summed E-state index contributed by atoms with van der Waals surface area (Å²) in [7, 11) is 0. The molecule has 3 heteroatoms. The Balaban J connectivity index is 3.10. The summed E-state index contributed by atoms with van der Waals surface area (Å²) in [6.45, 7) is 1.86. The third kappa shape index (κ3) is 19.2. The van der Waals surface area contributed by atoms with Crippen LogP contribution in [0.15, 0.2) is 12.2 Å². The van der Waals surface area contributed by atoms with Gasteiger partial charge in [0, 0.05) is 6.42 Å². The van der Waals surface area contributed by atoms with Crippen LogP contribution in [0.3, 0.4) is 0 Å². The highest BCUT2D eigenvalue weighted by Crippen LogP contribution is 2.10. The lowest BCUT2D eigenvalue weighted by Crippen LogP contribution is -1.98. The number of carboxylic acid groups (broad SMARTS) is 1. The van der Waals surface area contributed by atoms with Crippen molar-refractivity contribution in [2.24, 2.45) is 0 Å². The van der Waals surface area contributed by atoms with Crippen molar-refractivity contribution in [3.8, 4) is 0 Å². The van der Waals surface area contributed by atoms with Gasteiger partial charge in [0.05, 0.1) is 6.10 Å². The third-order valence-corrected chi connectivity index (χ3v) is 3.67. The number of hydrogen-bond acceptors (Lipinski definition) is 2. The second kappa shape index (κ2) is 15.6. The molecule has 0 radical (unpaired) electrons. The predicted molar refractivity (Wildman–Crippen MR) is 88.5 cm³/mol. The smallest absolute Gasteiger partial charge is 0.303 e. The zero-order valence-electron chi connectivity index (χ0n) is 13.7. The number of aliphatic carboxylic acids is 1. The van der Waals surface area contributed by atoms with Crippen LogP contribution in [0, 0.1) is 0 Å². The Morgan fingerprint density at radius 1 is 0.857 bits per heavy atom. The number of carbonyl (C=O) groups is 1. The molecule has 3 nitrogen and oxygen atoms in total. The monoisotopic (exact) mass is 298 g/mol. The molecule has 21 heavy (non-hydrogen) atoms. The van der Waals surface area contributed by atoms with Gasteiger partial charge in [-0.2, -0.15) is 0 Å². The Kier molecular flexibility index (Phi) is 14.9. The fourth-order valence-electron chi connectivity index (χ4n) is 2.36. The third-order valence-electron chi connectivity index (χ3n) is 3.67. The number of hydrogen-bond donors (Lipinski definition) is 2. The van der Waals surface area contributed by atoms with Crippen LogP contribution in [0.25, 0.3) is 0 Å². The molecule has 1 unspecified atom stereocenters. The van der Waals surface area contributed by atoms with Gasteiger partial charge in [-0.3, -0.25) is 4.79 Å². The molecule has 0 aliphatic rings. The summed E-state index contributed by atoms with van der Waals surface area (Å²) in [6, 6.07) is 0. The summed E-state index contributed by atoms with van der Waals surface area (Å²) < 4.78 is 0. The molecular weight excluding hydrogens is 264 g/mol. The number of carboxylic acids is 1. The maximum Gasteiger partial charge on any atom is 0.303 e. The van der Waals surface area contributed by atoms with Gasteiger partial charge in [-0.15, -0.1) is 0 Å². The normalized spacial score (nSPS) is 12.9. The average Bonchev–Trinajstić information content (AvgIpc) is 2.42. The molecule has 0 spiro atoms. The Hall–Kier alpha value is -0.830. The Morgan fingerprint density at radius 2 is 1.33 bits per heavy atom. The molecule has 0 aromatic rings. The van der Waals surface area contributed by atoms with Crippen LogP contribution in [-0.2, 0) is 4.79 Å². The van der Waals surface area contributed by atoms with Crippen LogP contribution < -0.4 is 0 Å². The Morgan fingerprint density at radius 3 is 1.86 bits per heavy atom. The molecule has 0 aromatic carbocycles. The minimum Gasteiger partial charge on any atom is -0.481 e. The van der Waals surface area contributed by atoms with E-state index in [0.717, 1.165) is 38.5 Å². The van der Waals surface area contributed by atoms with Gasteiger partial charge in [-0.05, 0) is 45.4 Å². The number of allylic oxidation sites excluding steroid dienone is 2. The van der Waals surface area contributed by atoms with Gasteiger partial charge in [0.2, 0.25) is 0 Å². The molecule has 1 atom stereocenters. The first kappa shape index (κ1) is 20.2. The first-order chi connectivity index (χ1) is 10.1. The lowest BCUT2D eigenvalue weighted by atomic mass is 10.1. The highest BCUT2D eigenvalue weighted by Gasteiger charge is 1.96. The van der Waals surface area contributed by atoms with E-state index in [1.807, 2.05) is 6.92 Å². The van der Waals surface area contributed by atoms with Crippen LogP contribution in [0.2, 0.25) is 0 Å². The number of aliphatic hydroxyl groups is 1. The van der Waals surface area contributed by atoms with Crippen LogP contribution >= 0.6 is 0 Å². The molecule has 0 aliphatic carbocycles. The van der Waals surface area contributed by atoms with Gasteiger partial charge >= 0.3 is 5.97 Å². The molecule has 0 saturated carbocycles. The van der Waals surface area contributed by atoms with Gasteiger partial charge in [0.25, 0.3) is 0 Å².